The molecule has 1 N–H and O–H groups in total. The standard InChI is InChI=1S/C21H25ClN2O2/c1-3-20(26-18-10-11-19(22)15(2)14-18)21(25)23-16-6-8-17(9-7-16)24-12-4-5-13-24/h6-11,14,20H,3-5,12-13H2,1-2H3,(H,23,25)/t20-/m0/s1. The predicted octanol–water partition coefficient (Wildman–Crippen LogP) is 5.04. The maximum atomic E-state index is 12.6. The van der Waals surface area contributed by atoms with Crippen LogP contribution in [0.25, 0.3) is 0 Å². The molecule has 0 radical (unpaired) electrons. The van der Waals surface area contributed by atoms with Gasteiger partial charge in [-0.05, 0) is 74.2 Å². The summed E-state index contributed by atoms with van der Waals surface area (Å²) in [6.45, 7) is 6.07. The third kappa shape index (κ3) is 4.50. The van der Waals surface area contributed by atoms with Gasteiger partial charge >= 0.3 is 0 Å². The first kappa shape index (κ1) is 18.6. The fourth-order valence-corrected chi connectivity index (χ4v) is 3.25. The SMILES string of the molecule is CC[C@H](Oc1ccc(Cl)c(C)c1)C(=O)Nc1ccc(N2CCCC2)cc1. The van der Waals surface area contributed by atoms with Crippen molar-refractivity contribution in [3.05, 3.63) is 53.1 Å². The Kier molecular flexibility index (Phi) is 6.04. The van der Waals surface area contributed by atoms with Crippen LogP contribution in [0.3, 0.4) is 0 Å². The Morgan fingerprint density at radius 3 is 2.50 bits per heavy atom. The molecule has 26 heavy (non-hydrogen) atoms. The van der Waals surface area contributed by atoms with Crippen LogP contribution in [0.5, 0.6) is 5.75 Å². The molecule has 0 bridgehead atoms. The first-order valence-electron chi connectivity index (χ1n) is 9.15. The number of amides is 1. The molecule has 0 saturated carbocycles. The minimum absolute atomic E-state index is 0.144. The second-order valence-electron chi connectivity index (χ2n) is 6.66. The zero-order valence-corrected chi connectivity index (χ0v) is 16.1. The Bertz CT molecular complexity index is 755. The molecule has 5 heteroatoms. The van der Waals surface area contributed by atoms with Gasteiger partial charge in [-0.1, -0.05) is 18.5 Å². The summed E-state index contributed by atoms with van der Waals surface area (Å²) in [4.78, 5) is 14.9. The number of nitrogens with zero attached hydrogens (tertiary/aromatic N) is 1. The van der Waals surface area contributed by atoms with Gasteiger partial charge in [-0.2, -0.15) is 0 Å². The summed E-state index contributed by atoms with van der Waals surface area (Å²) in [6.07, 6.45) is 2.53. The Labute approximate surface area is 160 Å². The molecule has 0 spiro atoms. The molecule has 1 aliphatic heterocycles. The Hall–Kier alpha value is -2.20. The van der Waals surface area contributed by atoms with Crippen molar-refractivity contribution < 1.29 is 9.53 Å². The Morgan fingerprint density at radius 2 is 1.88 bits per heavy atom. The second kappa shape index (κ2) is 8.45. The normalized spacial score (nSPS) is 15.0. The van der Waals surface area contributed by atoms with Crippen molar-refractivity contribution in [2.24, 2.45) is 0 Å². The largest absolute Gasteiger partial charge is 0.481 e. The van der Waals surface area contributed by atoms with Gasteiger partial charge in [0.25, 0.3) is 5.91 Å². The number of carbonyl (C=O) groups excluding carboxylic acids is 1. The molecular weight excluding hydrogens is 348 g/mol. The number of carbonyl (C=O) groups is 1. The van der Waals surface area contributed by atoms with E-state index in [2.05, 4.69) is 22.3 Å². The molecule has 0 unspecified atom stereocenters. The van der Waals surface area contributed by atoms with E-state index in [0.717, 1.165) is 24.3 Å². The van der Waals surface area contributed by atoms with Crippen LogP contribution in [0, 0.1) is 6.92 Å². The number of aryl methyl sites for hydroxylation is 1. The zero-order valence-electron chi connectivity index (χ0n) is 15.3. The molecule has 0 aromatic heterocycles. The quantitative estimate of drug-likeness (QED) is 0.771. The van der Waals surface area contributed by atoms with Crippen molar-refractivity contribution >= 4 is 28.9 Å². The average molecular weight is 373 g/mol. The fourth-order valence-electron chi connectivity index (χ4n) is 3.13. The minimum Gasteiger partial charge on any atom is -0.481 e. The lowest BCUT2D eigenvalue weighted by Crippen LogP contribution is -2.32. The van der Waals surface area contributed by atoms with Gasteiger partial charge in [0.15, 0.2) is 6.10 Å². The van der Waals surface area contributed by atoms with Crippen molar-refractivity contribution in [3.63, 3.8) is 0 Å². The molecule has 138 valence electrons. The van der Waals surface area contributed by atoms with Gasteiger partial charge in [0.1, 0.15) is 5.75 Å². The highest BCUT2D eigenvalue weighted by atomic mass is 35.5. The maximum Gasteiger partial charge on any atom is 0.265 e. The molecule has 2 aromatic rings. The second-order valence-corrected chi connectivity index (χ2v) is 7.06. The number of rotatable bonds is 6. The molecule has 1 saturated heterocycles. The summed E-state index contributed by atoms with van der Waals surface area (Å²) in [5.74, 6) is 0.507. The van der Waals surface area contributed by atoms with E-state index in [1.807, 2.05) is 32.0 Å². The van der Waals surface area contributed by atoms with E-state index in [9.17, 15) is 4.79 Å². The molecule has 1 amide bonds. The summed E-state index contributed by atoms with van der Waals surface area (Å²) < 4.78 is 5.86. The van der Waals surface area contributed by atoms with Crippen molar-refractivity contribution in [3.8, 4) is 5.75 Å². The van der Waals surface area contributed by atoms with Gasteiger partial charge in [0, 0.05) is 29.5 Å². The monoisotopic (exact) mass is 372 g/mol. The predicted molar refractivity (Wildman–Crippen MR) is 107 cm³/mol. The van der Waals surface area contributed by atoms with Gasteiger partial charge in [-0.25, -0.2) is 0 Å². The molecule has 1 fully saturated rings. The number of hydrogen-bond donors (Lipinski definition) is 1. The molecule has 1 heterocycles. The van der Waals surface area contributed by atoms with E-state index in [0.29, 0.717) is 17.2 Å². The Balaban J connectivity index is 1.62. The third-order valence-electron chi connectivity index (χ3n) is 4.68. The summed E-state index contributed by atoms with van der Waals surface area (Å²) in [7, 11) is 0. The van der Waals surface area contributed by atoms with Crippen molar-refractivity contribution in [1.29, 1.82) is 0 Å². The lowest BCUT2D eigenvalue weighted by Gasteiger charge is -2.19. The fraction of sp³-hybridized carbons (Fsp3) is 0.381. The van der Waals surface area contributed by atoms with Crippen LogP contribution in [0.4, 0.5) is 11.4 Å². The van der Waals surface area contributed by atoms with E-state index in [1.54, 1.807) is 12.1 Å². The number of anilines is 2. The van der Waals surface area contributed by atoms with Crippen LogP contribution in [0.2, 0.25) is 5.02 Å². The molecule has 3 rings (SSSR count). The summed E-state index contributed by atoms with van der Waals surface area (Å²) in [5, 5.41) is 3.64. The van der Waals surface area contributed by atoms with Crippen LogP contribution in [0.15, 0.2) is 42.5 Å². The van der Waals surface area contributed by atoms with E-state index < -0.39 is 6.10 Å². The Morgan fingerprint density at radius 1 is 1.19 bits per heavy atom. The lowest BCUT2D eigenvalue weighted by atomic mass is 10.2. The third-order valence-corrected chi connectivity index (χ3v) is 5.10. The van der Waals surface area contributed by atoms with E-state index in [1.165, 1.54) is 18.5 Å². The smallest absolute Gasteiger partial charge is 0.265 e. The van der Waals surface area contributed by atoms with Crippen LogP contribution in [-0.2, 0) is 4.79 Å². The van der Waals surface area contributed by atoms with Gasteiger partial charge in [-0.3, -0.25) is 4.79 Å². The summed E-state index contributed by atoms with van der Waals surface area (Å²) in [5.41, 5.74) is 2.92. The molecular formula is C21H25ClN2O2. The van der Waals surface area contributed by atoms with Crippen LogP contribution in [0.1, 0.15) is 31.7 Å². The van der Waals surface area contributed by atoms with E-state index in [-0.39, 0.29) is 5.91 Å². The number of ether oxygens (including phenoxy) is 1. The van der Waals surface area contributed by atoms with Crippen LogP contribution < -0.4 is 15.0 Å². The highest BCUT2D eigenvalue weighted by Crippen LogP contribution is 2.24. The van der Waals surface area contributed by atoms with E-state index in [4.69, 9.17) is 16.3 Å². The van der Waals surface area contributed by atoms with Gasteiger partial charge < -0.3 is 15.0 Å². The van der Waals surface area contributed by atoms with Crippen LogP contribution in [-0.4, -0.2) is 25.1 Å². The molecule has 1 aliphatic rings. The molecule has 1 atom stereocenters. The van der Waals surface area contributed by atoms with Gasteiger partial charge in [0.05, 0.1) is 0 Å². The molecule has 2 aromatic carbocycles. The first-order chi connectivity index (χ1) is 12.6. The molecule has 4 nitrogen and oxygen atoms in total. The number of nitrogens with one attached hydrogen (secondary N) is 1. The number of benzene rings is 2. The van der Waals surface area contributed by atoms with Gasteiger partial charge in [-0.15, -0.1) is 0 Å². The maximum absolute atomic E-state index is 12.6. The lowest BCUT2D eigenvalue weighted by molar-refractivity contribution is -0.122. The first-order valence-corrected chi connectivity index (χ1v) is 9.53. The number of hydrogen-bond acceptors (Lipinski definition) is 3. The van der Waals surface area contributed by atoms with Crippen molar-refractivity contribution in [2.75, 3.05) is 23.3 Å². The zero-order chi connectivity index (χ0) is 18.5. The van der Waals surface area contributed by atoms with E-state index >= 15 is 0 Å². The summed E-state index contributed by atoms with van der Waals surface area (Å²) >= 11 is 6.04. The number of halogens is 1. The average Bonchev–Trinajstić information content (AvgIpc) is 3.18. The minimum atomic E-state index is -0.547. The van der Waals surface area contributed by atoms with Crippen molar-refractivity contribution in [1.82, 2.24) is 0 Å². The van der Waals surface area contributed by atoms with Gasteiger partial charge in [0.2, 0.25) is 0 Å². The topological polar surface area (TPSA) is 41.6 Å². The van der Waals surface area contributed by atoms with Crippen LogP contribution >= 0.6 is 11.6 Å². The molecule has 0 aliphatic carbocycles. The van der Waals surface area contributed by atoms with Crippen molar-refractivity contribution in [2.45, 2.75) is 39.2 Å². The highest BCUT2D eigenvalue weighted by Gasteiger charge is 2.19. The highest BCUT2D eigenvalue weighted by molar-refractivity contribution is 6.31. The summed E-state index contributed by atoms with van der Waals surface area (Å²) in [6, 6.07) is 13.4.